The average Bonchev–Trinajstić information content (AvgIpc) is 2.33. The molecule has 1 saturated heterocycles. The molecule has 0 spiro atoms. The van der Waals surface area contributed by atoms with Crippen LogP contribution in [0.3, 0.4) is 0 Å². The summed E-state index contributed by atoms with van der Waals surface area (Å²) in [5.74, 6) is 0.610. The molecule has 76 valence electrons. The molecule has 0 aromatic rings. The summed E-state index contributed by atoms with van der Waals surface area (Å²) in [4.78, 5) is 11.2. The van der Waals surface area contributed by atoms with Gasteiger partial charge in [0.05, 0.1) is 6.61 Å². The second-order valence-electron chi connectivity index (χ2n) is 3.58. The molecule has 2 atom stereocenters. The van der Waals surface area contributed by atoms with Gasteiger partial charge in [0.15, 0.2) is 0 Å². The fourth-order valence-corrected chi connectivity index (χ4v) is 3.18. The van der Waals surface area contributed by atoms with E-state index in [-0.39, 0.29) is 5.97 Å². The number of ether oxygens (including phenoxy) is 1. The van der Waals surface area contributed by atoms with Gasteiger partial charge in [0.25, 0.3) is 0 Å². The lowest BCUT2D eigenvalue weighted by atomic mass is 10.0. The zero-order valence-electron chi connectivity index (χ0n) is 8.34. The van der Waals surface area contributed by atoms with Gasteiger partial charge in [-0.05, 0) is 38.0 Å². The molecule has 0 amide bonds. The van der Waals surface area contributed by atoms with Crippen molar-refractivity contribution >= 4 is 14.6 Å². The van der Waals surface area contributed by atoms with Crippen LogP contribution >= 0.6 is 8.58 Å². The van der Waals surface area contributed by atoms with Gasteiger partial charge in [0.1, 0.15) is 0 Å². The SMILES string of the molecule is CCOC(=O)CC1CCCCPC1. The zero-order valence-corrected chi connectivity index (χ0v) is 9.34. The Morgan fingerprint density at radius 3 is 3.15 bits per heavy atom. The van der Waals surface area contributed by atoms with E-state index in [9.17, 15) is 4.79 Å². The summed E-state index contributed by atoms with van der Waals surface area (Å²) in [6.07, 6.45) is 7.17. The molecule has 1 aliphatic rings. The summed E-state index contributed by atoms with van der Waals surface area (Å²) < 4.78 is 4.95. The highest BCUT2D eigenvalue weighted by molar-refractivity contribution is 7.37. The van der Waals surface area contributed by atoms with E-state index in [4.69, 9.17) is 4.74 Å². The third-order valence-electron chi connectivity index (χ3n) is 2.41. The Morgan fingerprint density at radius 1 is 1.54 bits per heavy atom. The fraction of sp³-hybridized carbons (Fsp3) is 0.900. The minimum atomic E-state index is -0.000741. The van der Waals surface area contributed by atoms with Crippen molar-refractivity contribution in [3.8, 4) is 0 Å². The molecule has 2 nitrogen and oxygen atoms in total. The van der Waals surface area contributed by atoms with Crippen molar-refractivity contribution in [1.82, 2.24) is 0 Å². The van der Waals surface area contributed by atoms with E-state index in [1.807, 2.05) is 6.92 Å². The number of carbonyl (C=O) groups is 1. The van der Waals surface area contributed by atoms with Crippen molar-refractivity contribution in [1.29, 1.82) is 0 Å². The number of carbonyl (C=O) groups excluding carboxylic acids is 1. The maximum atomic E-state index is 11.2. The van der Waals surface area contributed by atoms with Crippen LogP contribution in [0.4, 0.5) is 0 Å². The highest BCUT2D eigenvalue weighted by Crippen LogP contribution is 2.28. The molecular weight excluding hydrogens is 183 g/mol. The Balaban J connectivity index is 2.21. The van der Waals surface area contributed by atoms with Gasteiger partial charge in [0, 0.05) is 6.42 Å². The average molecular weight is 202 g/mol. The van der Waals surface area contributed by atoms with Gasteiger partial charge in [-0.2, -0.15) is 0 Å². The van der Waals surface area contributed by atoms with Gasteiger partial charge in [-0.15, -0.1) is 8.58 Å². The van der Waals surface area contributed by atoms with E-state index in [0.717, 1.165) is 8.58 Å². The predicted octanol–water partition coefficient (Wildman–Crippen LogP) is 2.42. The maximum absolute atomic E-state index is 11.2. The molecule has 13 heavy (non-hydrogen) atoms. The lowest BCUT2D eigenvalue weighted by Gasteiger charge is -2.11. The summed E-state index contributed by atoms with van der Waals surface area (Å²) >= 11 is 0. The fourth-order valence-electron chi connectivity index (χ4n) is 1.72. The lowest BCUT2D eigenvalue weighted by molar-refractivity contribution is -0.144. The smallest absolute Gasteiger partial charge is 0.306 e. The van der Waals surface area contributed by atoms with Crippen molar-refractivity contribution in [3.63, 3.8) is 0 Å². The number of hydrogen-bond acceptors (Lipinski definition) is 2. The Bertz CT molecular complexity index is 151. The first-order chi connectivity index (χ1) is 6.33. The summed E-state index contributed by atoms with van der Waals surface area (Å²) in [5, 5.41) is 0. The molecule has 0 aromatic carbocycles. The Hall–Kier alpha value is -0.100. The molecule has 1 aliphatic heterocycles. The molecule has 1 fully saturated rings. The summed E-state index contributed by atoms with van der Waals surface area (Å²) in [5.41, 5.74) is 0. The van der Waals surface area contributed by atoms with Crippen LogP contribution in [0.1, 0.15) is 32.6 Å². The predicted molar refractivity (Wildman–Crippen MR) is 56.6 cm³/mol. The monoisotopic (exact) mass is 202 g/mol. The molecule has 2 unspecified atom stereocenters. The minimum absolute atomic E-state index is 0.000741. The first-order valence-electron chi connectivity index (χ1n) is 5.19. The number of hydrogen-bond donors (Lipinski definition) is 0. The summed E-state index contributed by atoms with van der Waals surface area (Å²) in [7, 11) is 1.07. The Kier molecular flexibility index (Phi) is 5.38. The molecule has 0 N–H and O–H groups in total. The lowest BCUT2D eigenvalue weighted by Crippen LogP contribution is -2.12. The first-order valence-corrected chi connectivity index (χ1v) is 6.60. The second-order valence-corrected chi connectivity index (χ2v) is 4.98. The highest BCUT2D eigenvalue weighted by Gasteiger charge is 2.16. The molecule has 0 aromatic heterocycles. The zero-order chi connectivity index (χ0) is 9.52. The Morgan fingerprint density at radius 2 is 2.38 bits per heavy atom. The highest BCUT2D eigenvalue weighted by atomic mass is 31.1. The van der Waals surface area contributed by atoms with Gasteiger partial charge >= 0.3 is 5.97 Å². The van der Waals surface area contributed by atoms with Gasteiger partial charge in [-0.3, -0.25) is 4.79 Å². The van der Waals surface area contributed by atoms with Gasteiger partial charge in [-0.25, -0.2) is 0 Å². The van der Waals surface area contributed by atoms with Crippen LogP contribution in [-0.4, -0.2) is 24.9 Å². The maximum Gasteiger partial charge on any atom is 0.306 e. The topological polar surface area (TPSA) is 26.3 Å². The second kappa shape index (κ2) is 6.37. The van der Waals surface area contributed by atoms with E-state index in [0.29, 0.717) is 18.9 Å². The first kappa shape index (κ1) is 11.0. The van der Waals surface area contributed by atoms with E-state index in [1.165, 1.54) is 31.6 Å². The van der Waals surface area contributed by atoms with Crippen LogP contribution in [0.25, 0.3) is 0 Å². The third kappa shape index (κ3) is 4.61. The number of esters is 1. The standard InChI is InChI=1S/C10H19O2P/c1-2-12-10(11)7-9-5-3-4-6-13-8-9/h9,13H,2-8H2,1H3. The van der Waals surface area contributed by atoms with Crippen LogP contribution < -0.4 is 0 Å². The van der Waals surface area contributed by atoms with Crippen molar-refractivity contribution in [2.75, 3.05) is 18.9 Å². The van der Waals surface area contributed by atoms with Crippen LogP contribution in [0.2, 0.25) is 0 Å². The molecule has 0 bridgehead atoms. The quantitative estimate of drug-likeness (QED) is 0.519. The van der Waals surface area contributed by atoms with E-state index >= 15 is 0 Å². The number of rotatable bonds is 3. The normalized spacial score (nSPS) is 25.5. The summed E-state index contributed by atoms with van der Waals surface area (Å²) in [6, 6.07) is 0. The van der Waals surface area contributed by atoms with Gasteiger partial charge < -0.3 is 4.74 Å². The van der Waals surface area contributed by atoms with Crippen molar-refractivity contribution in [2.45, 2.75) is 32.6 Å². The van der Waals surface area contributed by atoms with Gasteiger partial charge in [-0.1, -0.05) is 6.42 Å². The van der Waals surface area contributed by atoms with Gasteiger partial charge in [0.2, 0.25) is 0 Å². The molecule has 1 heterocycles. The van der Waals surface area contributed by atoms with Crippen molar-refractivity contribution < 1.29 is 9.53 Å². The molecule has 1 rings (SSSR count). The van der Waals surface area contributed by atoms with E-state index in [2.05, 4.69) is 0 Å². The van der Waals surface area contributed by atoms with Crippen LogP contribution in [0, 0.1) is 5.92 Å². The molecule has 0 saturated carbocycles. The molecule has 0 radical (unpaired) electrons. The molecular formula is C10H19O2P. The molecule has 0 aliphatic carbocycles. The van der Waals surface area contributed by atoms with E-state index in [1.54, 1.807) is 0 Å². The summed E-state index contributed by atoms with van der Waals surface area (Å²) in [6.45, 7) is 2.39. The van der Waals surface area contributed by atoms with Crippen LogP contribution in [-0.2, 0) is 9.53 Å². The molecule has 3 heteroatoms. The Labute approximate surface area is 82.2 Å². The van der Waals surface area contributed by atoms with Crippen molar-refractivity contribution in [3.05, 3.63) is 0 Å². The van der Waals surface area contributed by atoms with Crippen LogP contribution in [0.5, 0.6) is 0 Å². The minimum Gasteiger partial charge on any atom is -0.466 e. The van der Waals surface area contributed by atoms with E-state index < -0.39 is 0 Å². The third-order valence-corrected chi connectivity index (χ3v) is 3.98. The van der Waals surface area contributed by atoms with Crippen LogP contribution in [0.15, 0.2) is 0 Å². The van der Waals surface area contributed by atoms with Crippen molar-refractivity contribution in [2.24, 2.45) is 5.92 Å². The largest absolute Gasteiger partial charge is 0.466 e.